The molecular weight excluding hydrogens is 448 g/mol. The number of thiocarbonyl (C=S) groups is 1. The van der Waals surface area contributed by atoms with Crippen molar-refractivity contribution in [1.82, 2.24) is 19.7 Å². The number of H-pyrrole nitrogens is 1. The molecule has 176 valence electrons. The van der Waals surface area contributed by atoms with E-state index < -0.39 is 0 Å². The zero-order valence-corrected chi connectivity index (χ0v) is 20.3. The highest BCUT2D eigenvalue weighted by molar-refractivity contribution is 7.80. The molecule has 2 aromatic carbocycles. The minimum Gasteiger partial charge on any atom is -0.493 e. The lowest BCUT2D eigenvalue weighted by atomic mass is 10.1. The van der Waals surface area contributed by atoms with E-state index in [1.807, 2.05) is 55.5 Å². The molecule has 4 aromatic rings. The first kappa shape index (κ1) is 23.4. The molecule has 2 aromatic heterocycles. The Bertz CT molecular complexity index is 1360. The summed E-state index contributed by atoms with van der Waals surface area (Å²) in [6, 6.07) is 15.3. The Morgan fingerprint density at radius 3 is 2.59 bits per heavy atom. The molecule has 8 nitrogen and oxygen atoms in total. The number of nitrogens with one attached hydrogen (secondary N) is 3. The van der Waals surface area contributed by atoms with Gasteiger partial charge in [0, 0.05) is 18.4 Å². The first-order valence-electron chi connectivity index (χ1n) is 11.4. The van der Waals surface area contributed by atoms with Crippen LogP contribution < -0.4 is 20.9 Å². The third-order valence-corrected chi connectivity index (χ3v) is 5.44. The predicted molar refractivity (Wildman–Crippen MR) is 141 cm³/mol. The monoisotopic (exact) mass is 476 g/mol. The van der Waals surface area contributed by atoms with Crippen molar-refractivity contribution >= 4 is 39.7 Å². The molecule has 0 atom stereocenters. The van der Waals surface area contributed by atoms with Crippen LogP contribution in [0.25, 0.3) is 22.4 Å². The molecule has 9 heteroatoms. The number of aromatic nitrogens is 4. The second kappa shape index (κ2) is 10.5. The maximum atomic E-state index is 13.0. The van der Waals surface area contributed by atoms with Gasteiger partial charge in [-0.25, -0.2) is 4.98 Å². The largest absolute Gasteiger partial charge is 0.493 e. The number of aryl methyl sites for hydroxylation is 2. The molecule has 0 amide bonds. The van der Waals surface area contributed by atoms with Gasteiger partial charge in [0.25, 0.3) is 5.56 Å². The molecule has 0 spiro atoms. The number of hydrogen-bond donors (Lipinski definition) is 3. The third kappa shape index (κ3) is 5.09. The van der Waals surface area contributed by atoms with Crippen molar-refractivity contribution in [3.8, 4) is 17.1 Å². The van der Waals surface area contributed by atoms with Crippen molar-refractivity contribution in [2.45, 2.75) is 33.1 Å². The van der Waals surface area contributed by atoms with Crippen molar-refractivity contribution in [3.63, 3.8) is 0 Å². The lowest BCUT2D eigenvalue weighted by Gasteiger charge is -2.15. The molecule has 34 heavy (non-hydrogen) atoms. The first-order chi connectivity index (χ1) is 16.5. The van der Waals surface area contributed by atoms with Crippen LogP contribution in [0.4, 0.5) is 11.4 Å². The lowest BCUT2D eigenvalue weighted by Crippen LogP contribution is -2.19. The molecule has 0 unspecified atom stereocenters. The molecule has 3 N–H and O–H groups in total. The van der Waals surface area contributed by atoms with Gasteiger partial charge in [0.1, 0.15) is 17.1 Å². The number of anilines is 2. The van der Waals surface area contributed by atoms with E-state index >= 15 is 0 Å². The Labute approximate surface area is 203 Å². The van der Waals surface area contributed by atoms with Gasteiger partial charge in [-0.1, -0.05) is 38.5 Å². The topological polar surface area (TPSA) is 96.9 Å². The van der Waals surface area contributed by atoms with E-state index in [0.29, 0.717) is 39.9 Å². The van der Waals surface area contributed by atoms with Crippen LogP contribution in [0.5, 0.6) is 5.75 Å². The maximum Gasteiger partial charge on any atom is 0.277 e. The van der Waals surface area contributed by atoms with Crippen LogP contribution in [-0.4, -0.2) is 31.5 Å². The summed E-state index contributed by atoms with van der Waals surface area (Å²) in [7, 11) is 1.76. The Balaban J connectivity index is 1.73. The summed E-state index contributed by atoms with van der Waals surface area (Å²) in [4.78, 5) is 20.7. The SMILES string of the molecule is CCCOc1ccc(NC(=S)Nc2ccccc2)cc1-c1nc2c(CCC)nn(C)c2c(=O)[nH]1. The Kier molecular flexibility index (Phi) is 7.22. The van der Waals surface area contributed by atoms with Gasteiger partial charge in [-0.3, -0.25) is 9.48 Å². The summed E-state index contributed by atoms with van der Waals surface area (Å²) < 4.78 is 7.57. The summed E-state index contributed by atoms with van der Waals surface area (Å²) in [6.07, 6.45) is 2.51. The lowest BCUT2D eigenvalue weighted by molar-refractivity contribution is 0.318. The molecule has 0 radical (unpaired) electrons. The van der Waals surface area contributed by atoms with Crippen molar-refractivity contribution in [1.29, 1.82) is 0 Å². The van der Waals surface area contributed by atoms with Gasteiger partial charge in [0.05, 0.1) is 17.9 Å². The van der Waals surface area contributed by atoms with Gasteiger partial charge in [0.2, 0.25) is 0 Å². The fourth-order valence-corrected chi connectivity index (χ4v) is 3.96. The van der Waals surface area contributed by atoms with Crippen molar-refractivity contribution in [3.05, 3.63) is 64.6 Å². The van der Waals surface area contributed by atoms with E-state index in [4.69, 9.17) is 21.9 Å². The second-order valence-corrected chi connectivity index (χ2v) is 8.34. The molecule has 4 rings (SSSR count). The fraction of sp³-hybridized carbons (Fsp3) is 0.280. The summed E-state index contributed by atoms with van der Waals surface area (Å²) in [5, 5.41) is 11.3. The smallest absolute Gasteiger partial charge is 0.277 e. The van der Waals surface area contributed by atoms with Gasteiger partial charge in [0.15, 0.2) is 10.6 Å². The summed E-state index contributed by atoms with van der Waals surface area (Å²) in [5.74, 6) is 1.07. The number of nitrogens with zero attached hydrogens (tertiary/aromatic N) is 3. The van der Waals surface area contributed by atoms with E-state index in [1.165, 1.54) is 0 Å². The van der Waals surface area contributed by atoms with E-state index in [1.54, 1.807) is 11.7 Å². The van der Waals surface area contributed by atoms with Gasteiger partial charge in [-0.15, -0.1) is 0 Å². The predicted octanol–water partition coefficient (Wildman–Crippen LogP) is 4.87. The van der Waals surface area contributed by atoms with Crippen LogP contribution in [0.3, 0.4) is 0 Å². The van der Waals surface area contributed by atoms with Crippen LogP contribution in [-0.2, 0) is 13.5 Å². The van der Waals surface area contributed by atoms with Gasteiger partial charge < -0.3 is 20.4 Å². The van der Waals surface area contributed by atoms with Gasteiger partial charge >= 0.3 is 0 Å². The minimum atomic E-state index is -0.238. The number of fused-ring (bicyclic) bond motifs is 1. The number of rotatable bonds is 8. The number of hydrogen-bond acceptors (Lipinski definition) is 5. The van der Waals surface area contributed by atoms with Crippen LogP contribution in [0.2, 0.25) is 0 Å². The van der Waals surface area contributed by atoms with Crippen molar-refractivity contribution < 1.29 is 4.74 Å². The highest BCUT2D eigenvalue weighted by Crippen LogP contribution is 2.31. The van der Waals surface area contributed by atoms with Crippen LogP contribution >= 0.6 is 12.2 Å². The van der Waals surface area contributed by atoms with Gasteiger partial charge in [-0.2, -0.15) is 5.10 Å². The zero-order valence-electron chi connectivity index (χ0n) is 19.5. The average molecular weight is 477 g/mol. The third-order valence-electron chi connectivity index (χ3n) is 5.24. The molecule has 0 fully saturated rings. The second-order valence-electron chi connectivity index (χ2n) is 7.94. The molecular formula is C25H28N6O2S. The molecule has 0 aliphatic carbocycles. The number of aromatic amines is 1. The number of para-hydroxylation sites is 1. The van der Waals surface area contributed by atoms with E-state index in [2.05, 4.69) is 27.6 Å². The summed E-state index contributed by atoms with van der Waals surface area (Å²) in [6.45, 7) is 4.67. The summed E-state index contributed by atoms with van der Waals surface area (Å²) in [5.41, 5.74) is 3.96. The van der Waals surface area contributed by atoms with Crippen LogP contribution in [0.1, 0.15) is 32.4 Å². The minimum absolute atomic E-state index is 0.238. The van der Waals surface area contributed by atoms with Crippen LogP contribution in [0, 0.1) is 0 Å². The molecule has 0 aliphatic heterocycles. The highest BCUT2D eigenvalue weighted by atomic mass is 32.1. The van der Waals surface area contributed by atoms with E-state index in [-0.39, 0.29) is 5.56 Å². The molecule has 0 bridgehead atoms. The Morgan fingerprint density at radius 1 is 1.09 bits per heavy atom. The number of ether oxygens (including phenoxy) is 1. The molecule has 0 saturated heterocycles. The molecule has 0 saturated carbocycles. The summed E-state index contributed by atoms with van der Waals surface area (Å²) >= 11 is 5.48. The average Bonchev–Trinajstić information content (AvgIpc) is 3.14. The first-order valence-corrected chi connectivity index (χ1v) is 11.8. The maximum absolute atomic E-state index is 13.0. The van der Waals surface area contributed by atoms with Gasteiger partial charge in [-0.05, 0) is 55.4 Å². The van der Waals surface area contributed by atoms with E-state index in [9.17, 15) is 4.79 Å². The number of benzene rings is 2. The van der Waals surface area contributed by atoms with E-state index in [0.717, 1.165) is 36.3 Å². The standard InChI is InChI=1S/C25H28N6O2S/c1-4-9-19-21-22(31(3)30-19)24(32)29-23(28-21)18-15-17(12-13-20(18)33-14-5-2)27-25(34)26-16-10-7-6-8-11-16/h6-8,10-13,15H,4-5,9,14H2,1-3H3,(H2,26,27,34)(H,28,29,32). The normalized spacial score (nSPS) is 10.9. The molecule has 2 heterocycles. The zero-order chi connectivity index (χ0) is 24.1. The Hall–Kier alpha value is -3.72. The molecule has 0 aliphatic rings. The van der Waals surface area contributed by atoms with Crippen molar-refractivity contribution in [2.24, 2.45) is 7.05 Å². The quantitative estimate of drug-likeness (QED) is 0.312. The van der Waals surface area contributed by atoms with Crippen molar-refractivity contribution in [2.75, 3.05) is 17.2 Å². The van der Waals surface area contributed by atoms with Crippen LogP contribution in [0.15, 0.2) is 53.3 Å². The Morgan fingerprint density at radius 2 is 1.85 bits per heavy atom. The fourth-order valence-electron chi connectivity index (χ4n) is 3.73. The highest BCUT2D eigenvalue weighted by Gasteiger charge is 2.18.